The van der Waals surface area contributed by atoms with Gasteiger partial charge in [-0.25, -0.2) is 0 Å². The van der Waals surface area contributed by atoms with E-state index >= 15 is 0 Å². The number of carbonyl (C=O) groups is 1. The first kappa shape index (κ1) is 6.99. The summed E-state index contributed by atoms with van der Waals surface area (Å²) in [6.45, 7) is 3.38. The third-order valence-electron chi connectivity index (χ3n) is 1.39. The van der Waals surface area contributed by atoms with Gasteiger partial charge in [-0.15, -0.1) is 0 Å². The Bertz CT molecular complexity index is 263. The molecule has 1 aromatic rings. The maximum absolute atomic E-state index is 10.8. The maximum atomic E-state index is 10.8. The van der Waals surface area contributed by atoms with Gasteiger partial charge in [-0.2, -0.15) is 5.10 Å². The summed E-state index contributed by atoms with van der Waals surface area (Å²) in [5.41, 5.74) is 1.51. The van der Waals surface area contributed by atoms with Crippen molar-refractivity contribution in [3.8, 4) is 0 Å². The number of aromatic nitrogens is 2. The van der Waals surface area contributed by atoms with E-state index in [1.807, 2.05) is 6.92 Å². The van der Waals surface area contributed by atoms with E-state index in [4.69, 9.17) is 0 Å². The highest BCUT2D eigenvalue weighted by molar-refractivity contribution is 5.94. The lowest BCUT2D eigenvalue weighted by atomic mass is 10.2. The molecular formula is C7H10N2O. The summed E-state index contributed by atoms with van der Waals surface area (Å²) in [7, 11) is 1.80. The molecule has 0 aromatic carbocycles. The third-order valence-corrected chi connectivity index (χ3v) is 1.39. The Labute approximate surface area is 59.7 Å². The lowest BCUT2D eigenvalue weighted by molar-refractivity contribution is 0.101. The monoisotopic (exact) mass is 138 g/mol. The Morgan fingerprint density at radius 2 is 2.30 bits per heavy atom. The zero-order valence-corrected chi connectivity index (χ0v) is 6.38. The van der Waals surface area contributed by atoms with Crippen molar-refractivity contribution in [3.05, 3.63) is 17.5 Å². The van der Waals surface area contributed by atoms with Crippen LogP contribution in [0.1, 0.15) is 23.0 Å². The standard InChI is InChI=1S/C7H10N2O/c1-5-7(6(2)10)4-9(3)8-5/h4H,1-3H3. The van der Waals surface area contributed by atoms with Crippen LogP contribution >= 0.6 is 0 Å². The normalized spacial score (nSPS) is 9.90. The first-order valence-corrected chi connectivity index (χ1v) is 3.12. The molecule has 10 heavy (non-hydrogen) atoms. The fraction of sp³-hybridized carbons (Fsp3) is 0.429. The molecule has 1 rings (SSSR count). The van der Waals surface area contributed by atoms with E-state index in [-0.39, 0.29) is 5.78 Å². The molecule has 0 bridgehead atoms. The summed E-state index contributed by atoms with van der Waals surface area (Å²) in [4.78, 5) is 10.8. The molecule has 3 heteroatoms. The van der Waals surface area contributed by atoms with Crippen molar-refractivity contribution in [3.63, 3.8) is 0 Å². The SMILES string of the molecule is CC(=O)c1cn(C)nc1C. The second kappa shape index (κ2) is 2.25. The van der Waals surface area contributed by atoms with Gasteiger partial charge in [-0.05, 0) is 13.8 Å². The van der Waals surface area contributed by atoms with Crippen LogP contribution in [0.25, 0.3) is 0 Å². The second-order valence-electron chi connectivity index (χ2n) is 2.36. The van der Waals surface area contributed by atoms with E-state index < -0.39 is 0 Å². The third kappa shape index (κ3) is 1.07. The van der Waals surface area contributed by atoms with Gasteiger partial charge < -0.3 is 0 Å². The number of carbonyl (C=O) groups excluding carboxylic acids is 1. The molecule has 0 fully saturated rings. The molecule has 0 radical (unpaired) electrons. The number of hydrogen-bond donors (Lipinski definition) is 0. The van der Waals surface area contributed by atoms with Gasteiger partial charge in [0, 0.05) is 13.2 Å². The van der Waals surface area contributed by atoms with E-state index in [0.29, 0.717) is 5.56 Å². The van der Waals surface area contributed by atoms with E-state index in [2.05, 4.69) is 5.10 Å². The Morgan fingerprint density at radius 3 is 2.50 bits per heavy atom. The van der Waals surface area contributed by atoms with Crippen molar-refractivity contribution in [1.29, 1.82) is 0 Å². The van der Waals surface area contributed by atoms with Gasteiger partial charge in [-0.1, -0.05) is 0 Å². The molecule has 0 saturated heterocycles. The van der Waals surface area contributed by atoms with Crippen molar-refractivity contribution < 1.29 is 4.79 Å². The first-order valence-electron chi connectivity index (χ1n) is 3.12. The lowest BCUT2D eigenvalue weighted by Gasteiger charge is -1.85. The average Bonchev–Trinajstić information content (AvgIpc) is 2.10. The molecule has 0 atom stereocenters. The number of aryl methyl sites for hydroxylation is 2. The molecule has 0 N–H and O–H groups in total. The van der Waals surface area contributed by atoms with Gasteiger partial charge >= 0.3 is 0 Å². The predicted molar refractivity (Wildman–Crippen MR) is 37.9 cm³/mol. The van der Waals surface area contributed by atoms with Crippen molar-refractivity contribution in [2.45, 2.75) is 13.8 Å². The largest absolute Gasteiger partial charge is 0.294 e. The second-order valence-corrected chi connectivity index (χ2v) is 2.36. The highest BCUT2D eigenvalue weighted by atomic mass is 16.1. The quantitative estimate of drug-likeness (QED) is 0.541. The summed E-state index contributed by atoms with van der Waals surface area (Å²) >= 11 is 0. The van der Waals surface area contributed by atoms with Gasteiger partial charge in [0.1, 0.15) is 0 Å². The fourth-order valence-corrected chi connectivity index (χ4v) is 0.945. The molecule has 0 spiro atoms. The van der Waals surface area contributed by atoms with Crippen LogP contribution in [0, 0.1) is 6.92 Å². The molecule has 0 aliphatic rings. The number of ketones is 1. The van der Waals surface area contributed by atoms with Gasteiger partial charge in [0.05, 0.1) is 11.3 Å². The van der Waals surface area contributed by atoms with Crippen molar-refractivity contribution in [2.75, 3.05) is 0 Å². The molecule has 0 aliphatic heterocycles. The summed E-state index contributed by atoms with van der Waals surface area (Å²) in [6, 6.07) is 0. The maximum Gasteiger partial charge on any atom is 0.163 e. The van der Waals surface area contributed by atoms with E-state index in [9.17, 15) is 4.79 Å². The Morgan fingerprint density at radius 1 is 1.70 bits per heavy atom. The van der Waals surface area contributed by atoms with E-state index in [0.717, 1.165) is 5.69 Å². The lowest BCUT2D eigenvalue weighted by Crippen LogP contribution is -1.90. The molecule has 1 aromatic heterocycles. The van der Waals surface area contributed by atoms with Gasteiger partial charge in [0.15, 0.2) is 5.78 Å². The number of Topliss-reactive ketones (excluding diaryl/α,β-unsaturated/α-hetero) is 1. The zero-order valence-electron chi connectivity index (χ0n) is 6.38. The zero-order chi connectivity index (χ0) is 7.72. The number of nitrogens with zero attached hydrogens (tertiary/aromatic N) is 2. The van der Waals surface area contributed by atoms with Crippen molar-refractivity contribution in [1.82, 2.24) is 9.78 Å². The predicted octanol–water partition coefficient (Wildman–Crippen LogP) is 0.931. The fourth-order valence-electron chi connectivity index (χ4n) is 0.945. The summed E-state index contributed by atoms with van der Waals surface area (Å²) in [5, 5.41) is 4.03. The molecule has 54 valence electrons. The van der Waals surface area contributed by atoms with Crippen LogP contribution < -0.4 is 0 Å². The van der Waals surface area contributed by atoms with Gasteiger partial charge in [0.25, 0.3) is 0 Å². The van der Waals surface area contributed by atoms with Crippen LogP contribution in [0.4, 0.5) is 0 Å². The number of rotatable bonds is 1. The minimum atomic E-state index is 0.0746. The van der Waals surface area contributed by atoms with Crippen LogP contribution in [0.3, 0.4) is 0 Å². The Balaban J connectivity index is 3.15. The Kier molecular flexibility index (Phi) is 1.57. The van der Waals surface area contributed by atoms with Gasteiger partial charge in [0.2, 0.25) is 0 Å². The van der Waals surface area contributed by atoms with Crippen LogP contribution in [-0.2, 0) is 7.05 Å². The Hall–Kier alpha value is -1.12. The molecule has 1 heterocycles. The highest BCUT2D eigenvalue weighted by Crippen LogP contribution is 2.04. The van der Waals surface area contributed by atoms with Crippen molar-refractivity contribution >= 4 is 5.78 Å². The highest BCUT2D eigenvalue weighted by Gasteiger charge is 2.05. The molecular weight excluding hydrogens is 128 g/mol. The molecule has 0 amide bonds. The molecule has 0 saturated carbocycles. The van der Waals surface area contributed by atoms with Crippen molar-refractivity contribution in [2.24, 2.45) is 7.05 Å². The minimum absolute atomic E-state index is 0.0746. The topological polar surface area (TPSA) is 34.9 Å². The minimum Gasteiger partial charge on any atom is -0.294 e. The van der Waals surface area contributed by atoms with Crippen LogP contribution in [0.15, 0.2) is 6.20 Å². The van der Waals surface area contributed by atoms with Crippen LogP contribution in [0.2, 0.25) is 0 Å². The summed E-state index contributed by atoms with van der Waals surface area (Å²) in [6.07, 6.45) is 1.73. The summed E-state index contributed by atoms with van der Waals surface area (Å²) in [5.74, 6) is 0.0746. The van der Waals surface area contributed by atoms with E-state index in [1.165, 1.54) is 0 Å². The number of hydrogen-bond acceptors (Lipinski definition) is 2. The van der Waals surface area contributed by atoms with Gasteiger partial charge in [-0.3, -0.25) is 9.48 Å². The molecule has 3 nitrogen and oxygen atoms in total. The molecule has 0 aliphatic carbocycles. The van der Waals surface area contributed by atoms with Crippen LogP contribution in [0.5, 0.6) is 0 Å². The molecule has 0 unspecified atom stereocenters. The average molecular weight is 138 g/mol. The first-order chi connectivity index (χ1) is 4.61. The van der Waals surface area contributed by atoms with E-state index in [1.54, 1.807) is 24.9 Å². The summed E-state index contributed by atoms with van der Waals surface area (Å²) < 4.78 is 1.64. The van der Waals surface area contributed by atoms with Crippen LogP contribution in [-0.4, -0.2) is 15.6 Å². The smallest absolute Gasteiger partial charge is 0.163 e.